The van der Waals surface area contributed by atoms with Crippen molar-refractivity contribution in [1.29, 1.82) is 0 Å². The van der Waals surface area contributed by atoms with Gasteiger partial charge in [0.15, 0.2) is 0 Å². The summed E-state index contributed by atoms with van der Waals surface area (Å²) in [4.78, 5) is 207. The highest BCUT2D eigenvalue weighted by molar-refractivity contribution is 6.26. The summed E-state index contributed by atoms with van der Waals surface area (Å²) in [7, 11) is 2.88. The number of hydrogen-bond donors (Lipinski definition) is 14. The van der Waals surface area contributed by atoms with Crippen LogP contribution in [0.3, 0.4) is 0 Å². The first-order valence-corrected chi connectivity index (χ1v) is 18.3. The molecule has 0 aliphatic heterocycles. The van der Waals surface area contributed by atoms with Crippen LogP contribution in [0.5, 0.6) is 0 Å². The van der Waals surface area contributed by atoms with E-state index in [-0.39, 0.29) is 0 Å². The van der Waals surface area contributed by atoms with E-state index in [0.717, 1.165) is 14.2 Å². The van der Waals surface area contributed by atoms with E-state index in [1.54, 1.807) is 0 Å². The number of methoxy groups -OCH3 is 4. The number of aromatic carboxylic acids is 14. The smallest absolute Gasteiger partial charge is 0.339 e. The molecule has 36 heteroatoms. The molecule has 3 rings (SSSR count). The van der Waals surface area contributed by atoms with E-state index >= 15 is 0 Å². The maximum Gasteiger partial charge on any atom is 0.339 e. The molecule has 0 spiro atoms. The molecule has 0 aliphatic carbocycles. The Balaban J connectivity index is 0.000000570. The number of ether oxygens (including phenoxy) is 4. The third-order valence-corrected chi connectivity index (χ3v) is 9.05. The summed E-state index contributed by atoms with van der Waals surface area (Å²) in [6.45, 7) is 0. The summed E-state index contributed by atoms with van der Waals surface area (Å²) in [6.07, 6.45) is 0. The summed E-state index contributed by atoms with van der Waals surface area (Å²) in [5.41, 5.74) is -26.7. The monoisotopic (exact) mass is 1080 g/mol. The quantitative estimate of drug-likeness (QED) is 0.0588. The molecule has 0 unspecified atom stereocenters. The fourth-order valence-electron chi connectivity index (χ4n) is 6.47. The normalized spacial score (nSPS) is 9.95. The Morgan fingerprint density at radius 1 is 0.171 bits per heavy atom. The number of carboxylic acid groups (broad SMARTS) is 14. The zero-order valence-corrected chi connectivity index (χ0v) is 37.2. The molecule has 0 aliphatic rings. The van der Waals surface area contributed by atoms with Gasteiger partial charge >= 0.3 is 107 Å². The number of hydrogen-bond acceptors (Lipinski definition) is 22. The Kier molecular flexibility index (Phi) is 19.9. The first-order chi connectivity index (χ1) is 34.9. The first-order valence-electron chi connectivity index (χ1n) is 18.3. The van der Waals surface area contributed by atoms with Crippen LogP contribution in [0, 0.1) is 0 Å². The summed E-state index contributed by atoms with van der Waals surface area (Å²) < 4.78 is 16.9. The summed E-state index contributed by atoms with van der Waals surface area (Å²) in [6, 6.07) is 0. The van der Waals surface area contributed by atoms with E-state index in [9.17, 15) is 127 Å². The van der Waals surface area contributed by atoms with Crippen molar-refractivity contribution in [3.05, 3.63) is 100 Å². The fraction of sp³-hybridized carbons (Fsp3) is 0.100. The molecular formula is C40H26O36. The summed E-state index contributed by atoms with van der Waals surface area (Å²) in [5.74, 6) is -36.9. The SMILES string of the molecule is COC(=O)c1c(C(=O)O)c(C(=O)O)c(C(=O)O)c(C(=O)O)c1C(=O)O.COC(=O)c1c(C(=O)O)c(C(=O)O)c(C(=O)O)c(C(=O)O)c1C(=O)O.COC(=O)c1c(C(=O)O)c(C(=O)O)c(C(=O)O)c(C(=O)OC)c1C(=O)O. The van der Waals surface area contributed by atoms with Crippen molar-refractivity contribution in [3.63, 3.8) is 0 Å². The van der Waals surface area contributed by atoms with Gasteiger partial charge in [-0.05, 0) is 0 Å². The Morgan fingerprint density at radius 2 is 0.237 bits per heavy atom. The first kappa shape index (κ1) is 62.1. The minimum absolute atomic E-state index is 0.700. The van der Waals surface area contributed by atoms with Gasteiger partial charge in [0.25, 0.3) is 0 Å². The molecule has 0 aromatic heterocycles. The number of carbonyl (C=O) groups excluding carboxylic acids is 4. The highest BCUT2D eigenvalue weighted by Gasteiger charge is 2.44. The fourth-order valence-corrected chi connectivity index (χ4v) is 6.47. The molecule has 3 aromatic carbocycles. The largest absolute Gasteiger partial charge is 0.478 e. The van der Waals surface area contributed by atoms with Crippen LogP contribution in [0.25, 0.3) is 0 Å². The van der Waals surface area contributed by atoms with Crippen molar-refractivity contribution >= 4 is 107 Å². The van der Waals surface area contributed by atoms with Crippen molar-refractivity contribution in [3.8, 4) is 0 Å². The van der Waals surface area contributed by atoms with E-state index in [1.165, 1.54) is 0 Å². The molecule has 402 valence electrons. The molecule has 0 fully saturated rings. The Labute approximate surface area is 412 Å². The lowest BCUT2D eigenvalue weighted by atomic mass is 9.86. The van der Waals surface area contributed by atoms with Crippen LogP contribution >= 0.6 is 0 Å². The zero-order valence-electron chi connectivity index (χ0n) is 37.2. The summed E-state index contributed by atoms with van der Waals surface area (Å²) >= 11 is 0. The standard InChI is InChI=1S/C14H10O12.2C13H8O12/c1-25-13(23)7-4(10(17)18)3(9(15)16)5(11(19)20)8(14(24)26-2)6(7)12(21)22;2*1-25-13(24)7-5(11(20)21)3(9(16)17)2(8(14)15)4(10(18)19)6(7)12(22)23/h1-2H3,(H,15,16)(H,17,18)(H,19,20)(H,21,22);2*1H3,(H,14,15)(H,16,17)(H,18,19)(H,20,21)(H,22,23). The second kappa shape index (κ2) is 24.3. The van der Waals surface area contributed by atoms with Crippen LogP contribution in [-0.2, 0) is 18.9 Å². The number of carboxylic acids is 14. The van der Waals surface area contributed by atoms with Gasteiger partial charge in [-0.3, -0.25) is 0 Å². The molecular weight excluding hydrogens is 1060 g/mol. The van der Waals surface area contributed by atoms with Gasteiger partial charge in [0.05, 0.1) is 129 Å². The zero-order chi connectivity index (χ0) is 59.6. The van der Waals surface area contributed by atoms with Crippen molar-refractivity contribution in [2.45, 2.75) is 0 Å². The van der Waals surface area contributed by atoms with Gasteiger partial charge in [0.1, 0.15) is 0 Å². The Bertz CT molecular complexity index is 2930. The number of carbonyl (C=O) groups is 18. The van der Waals surface area contributed by atoms with Crippen molar-refractivity contribution < 1.29 is 177 Å². The third kappa shape index (κ3) is 11.8. The number of benzene rings is 3. The predicted octanol–water partition coefficient (Wildman–Crippen LogP) is -0.0190. The average molecular weight is 1080 g/mol. The molecule has 36 nitrogen and oxygen atoms in total. The minimum atomic E-state index is -2.21. The number of rotatable bonds is 18. The highest BCUT2D eigenvalue weighted by atomic mass is 16.5. The van der Waals surface area contributed by atoms with Crippen LogP contribution < -0.4 is 0 Å². The molecule has 0 bridgehead atoms. The van der Waals surface area contributed by atoms with Crippen molar-refractivity contribution in [2.24, 2.45) is 0 Å². The van der Waals surface area contributed by atoms with Gasteiger partial charge in [-0.25, -0.2) is 86.3 Å². The van der Waals surface area contributed by atoms with E-state index < -0.39 is 208 Å². The van der Waals surface area contributed by atoms with Crippen LogP contribution in [0.1, 0.15) is 186 Å². The Morgan fingerprint density at radius 3 is 0.303 bits per heavy atom. The molecule has 0 amide bonds. The maximum absolute atomic E-state index is 11.9. The molecule has 14 N–H and O–H groups in total. The van der Waals surface area contributed by atoms with Gasteiger partial charge in [-0.1, -0.05) is 0 Å². The van der Waals surface area contributed by atoms with E-state index in [4.69, 9.17) is 30.6 Å². The Hall–Kier alpha value is -11.9. The van der Waals surface area contributed by atoms with Gasteiger partial charge in [-0.2, -0.15) is 0 Å². The molecule has 0 saturated carbocycles. The molecule has 0 atom stereocenters. The summed E-state index contributed by atoms with van der Waals surface area (Å²) in [5, 5.41) is 129. The average Bonchev–Trinajstić information content (AvgIpc) is 3.31. The second-order valence-electron chi connectivity index (χ2n) is 13.0. The molecule has 0 saturated heterocycles. The molecule has 3 aromatic rings. The van der Waals surface area contributed by atoms with Crippen LogP contribution in [0.2, 0.25) is 0 Å². The topological polar surface area (TPSA) is 627 Å². The van der Waals surface area contributed by atoms with Crippen molar-refractivity contribution in [2.75, 3.05) is 28.4 Å². The van der Waals surface area contributed by atoms with E-state index in [2.05, 4.69) is 18.9 Å². The van der Waals surface area contributed by atoms with E-state index in [0.29, 0.717) is 14.2 Å². The highest BCUT2D eigenvalue weighted by Crippen LogP contribution is 2.34. The molecule has 0 radical (unpaired) electrons. The van der Waals surface area contributed by atoms with Gasteiger partial charge in [0.2, 0.25) is 0 Å². The predicted molar refractivity (Wildman–Crippen MR) is 222 cm³/mol. The third-order valence-electron chi connectivity index (χ3n) is 9.05. The minimum Gasteiger partial charge on any atom is -0.478 e. The maximum atomic E-state index is 11.9. The van der Waals surface area contributed by atoms with Gasteiger partial charge < -0.3 is 90.4 Å². The lowest BCUT2D eigenvalue weighted by Gasteiger charge is -2.17. The molecule has 76 heavy (non-hydrogen) atoms. The van der Waals surface area contributed by atoms with Crippen molar-refractivity contribution in [1.82, 2.24) is 0 Å². The van der Waals surface area contributed by atoms with Gasteiger partial charge in [0, 0.05) is 0 Å². The van der Waals surface area contributed by atoms with Gasteiger partial charge in [-0.15, -0.1) is 0 Å². The lowest BCUT2D eigenvalue weighted by molar-refractivity contribution is 0.0541. The van der Waals surface area contributed by atoms with Crippen LogP contribution in [0.15, 0.2) is 0 Å². The second-order valence-corrected chi connectivity index (χ2v) is 13.0. The number of esters is 4. The lowest BCUT2D eigenvalue weighted by Crippen LogP contribution is -2.28. The van der Waals surface area contributed by atoms with E-state index in [1.807, 2.05) is 0 Å². The van der Waals surface area contributed by atoms with Crippen LogP contribution in [-0.4, -0.2) is 207 Å². The molecule has 0 heterocycles. The van der Waals surface area contributed by atoms with Crippen LogP contribution in [0.4, 0.5) is 0 Å².